The normalized spacial score (nSPS) is 18.3. The fraction of sp³-hybridized carbons (Fsp3) is 0.269. The number of aliphatic hydroxyl groups excluding tert-OH is 1. The van der Waals surface area contributed by atoms with Gasteiger partial charge in [-0.2, -0.15) is 0 Å². The number of anilines is 2. The second-order valence-corrected chi connectivity index (χ2v) is 11.3. The van der Waals surface area contributed by atoms with E-state index in [4.69, 9.17) is 0 Å². The van der Waals surface area contributed by atoms with Gasteiger partial charge < -0.3 is 31.1 Å². The van der Waals surface area contributed by atoms with Gasteiger partial charge in [0.25, 0.3) is 0 Å². The van der Waals surface area contributed by atoms with Crippen LogP contribution in [0.2, 0.25) is 0 Å². The number of hydroxylamine groups is 1. The van der Waals surface area contributed by atoms with Gasteiger partial charge in [0, 0.05) is 30.1 Å². The standard InChI is InChI=1S/C26H29FN5O6S/c1-16(33)28-19-14-25(31(15-19)26(35)29-18-8-10-20(34)11-9-18)32(36)30-23-12-7-17(13-22(23)27)21-5-3-4-6-24(21)39(2,37)38/h3-13,16,19,25,28,30,33-34H,14-15H2,1-2H3,(H,29,35)/q-1/t16?,19-,25+/m1/s1. The Morgan fingerprint density at radius 1 is 1.15 bits per heavy atom. The number of aliphatic hydroxyl groups is 1. The van der Waals surface area contributed by atoms with Crippen molar-refractivity contribution < 1.29 is 27.8 Å². The van der Waals surface area contributed by atoms with Crippen LogP contribution in [-0.2, 0) is 9.84 Å². The first-order valence-electron chi connectivity index (χ1n) is 12.0. The van der Waals surface area contributed by atoms with Crippen LogP contribution in [0, 0.1) is 11.0 Å². The van der Waals surface area contributed by atoms with E-state index in [9.17, 15) is 28.6 Å². The maximum absolute atomic E-state index is 15.1. The van der Waals surface area contributed by atoms with Crippen LogP contribution in [0.5, 0.6) is 5.75 Å². The average molecular weight is 559 g/mol. The molecule has 13 heteroatoms. The summed E-state index contributed by atoms with van der Waals surface area (Å²) in [4.78, 5) is 14.3. The SMILES string of the molecule is CC(O)N[C@@H]1C[C@H](N([O-])Nc2ccc(-c3ccccc3S(C)(=O)=O)cc2F)N(C(=O)Nc2ccc(O)cc2)C1. The Morgan fingerprint density at radius 2 is 1.85 bits per heavy atom. The van der Waals surface area contributed by atoms with Crippen molar-refractivity contribution in [3.8, 4) is 16.9 Å². The summed E-state index contributed by atoms with van der Waals surface area (Å²) in [7, 11) is -3.56. The molecule has 0 spiro atoms. The number of benzene rings is 3. The summed E-state index contributed by atoms with van der Waals surface area (Å²) in [5, 5.41) is 38.3. The van der Waals surface area contributed by atoms with Crippen molar-refractivity contribution in [1.82, 2.24) is 15.4 Å². The van der Waals surface area contributed by atoms with Gasteiger partial charge in [-0.3, -0.25) is 10.5 Å². The molecule has 4 rings (SSSR count). The Kier molecular flexibility index (Phi) is 8.37. The fourth-order valence-electron chi connectivity index (χ4n) is 4.45. The number of phenols is 1. The smallest absolute Gasteiger partial charge is 0.323 e. The number of nitrogens with zero attached hydrogens (tertiary/aromatic N) is 2. The average Bonchev–Trinajstić information content (AvgIpc) is 3.29. The molecule has 1 fully saturated rings. The number of sulfone groups is 1. The molecule has 1 saturated heterocycles. The Morgan fingerprint density at radius 3 is 2.49 bits per heavy atom. The summed E-state index contributed by atoms with van der Waals surface area (Å²) in [5.41, 5.74) is 3.31. The number of carbonyl (C=O) groups is 1. The molecule has 0 radical (unpaired) electrons. The van der Waals surface area contributed by atoms with E-state index in [0.29, 0.717) is 22.0 Å². The predicted molar refractivity (Wildman–Crippen MR) is 145 cm³/mol. The van der Waals surface area contributed by atoms with Crippen LogP contribution in [0.1, 0.15) is 13.3 Å². The Bertz CT molecular complexity index is 1440. The van der Waals surface area contributed by atoms with Crippen molar-refractivity contribution in [2.45, 2.75) is 36.7 Å². The second-order valence-electron chi connectivity index (χ2n) is 9.29. The molecule has 0 aliphatic carbocycles. The zero-order chi connectivity index (χ0) is 28.3. The van der Waals surface area contributed by atoms with Crippen molar-refractivity contribution >= 4 is 27.2 Å². The van der Waals surface area contributed by atoms with E-state index in [1.54, 1.807) is 18.2 Å². The topological polar surface area (TPSA) is 157 Å². The van der Waals surface area contributed by atoms with Crippen molar-refractivity contribution in [3.05, 3.63) is 77.8 Å². The first kappa shape index (κ1) is 28.3. The minimum Gasteiger partial charge on any atom is -0.766 e. The molecule has 0 bridgehead atoms. The third-order valence-electron chi connectivity index (χ3n) is 6.20. The number of urea groups is 1. The maximum Gasteiger partial charge on any atom is 0.323 e. The third kappa shape index (κ3) is 6.82. The van der Waals surface area contributed by atoms with Crippen LogP contribution in [0.4, 0.5) is 20.6 Å². The molecule has 3 atom stereocenters. The molecule has 1 unspecified atom stereocenters. The number of phenolic OH excluding ortho intramolecular Hbond substituents is 1. The van der Waals surface area contributed by atoms with Gasteiger partial charge in [0.05, 0.1) is 16.7 Å². The highest BCUT2D eigenvalue weighted by Crippen LogP contribution is 2.31. The summed E-state index contributed by atoms with van der Waals surface area (Å²) >= 11 is 0. The Balaban J connectivity index is 1.54. The monoisotopic (exact) mass is 558 g/mol. The molecule has 39 heavy (non-hydrogen) atoms. The summed E-state index contributed by atoms with van der Waals surface area (Å²) in [6.07, 6.45) is -0.753. The van der Waals surface area contributed by atoms with Gasteiger partial charge in [-0.05, 0) is 61.4 Å². The lowest BCUT2D eigenvalue weighted by molar-refractivity contribution is 0.141. The lowest BCUT2D eigenvalue weighted by Crippen LogP contribution is -2.48. The van der Waals surface area contributed by atoms with E-state index in [-0.39, 0.29) is 29.3 Å². The zero-order valence-corrected chi connectivity index (χ0v) is 22.0. The number of likely N-dealkylation sites (tertiary alicyclic amines) is 1. The lowest BCUT2D eigenvalue weighted by atomic mass is 10.1. The molecule has 1 aliphatic rings. The molecular weight excluding hydrogens is 529 g/mol. The highest BCUT2D eigenvalue weighted by atomic mass is 32.2. The molecule has 3 aromatic rings. The molecule has 0 saturated carbocycles. The van der Waals surface area contributed by atoms with Crippen LogP contribution in [0.25, 0.3) is 11.1 Å². The number of aromatic hydroxyl groups is 1. The van der Waals surface area contributed by atoms with Crippen LogP contribution in [0.3, 0.4) is 0 Å². The largest absolute Gasteiger partial charge is 0.766 e. The molecule has 11 nitrogen and oxygen atoms in total. The Hall–Kier alpha value is -3.75. The maximum atomic E-state index is 15.1. The van der Waals surface area contributed by atoms with Crippen molar-refractivity contribution in [2.24, 2.45) is 0 Å². The molecule has 5 N–H and O–H groups in total. The summed E-state index contributed by atoms with van der Waals surface area (Å²) in [6.45, 7) is 1.60. The number of rotatable bonds is 8. The number of nitrogens with one attached hydrogen (secondary N) is 3. The van der Waals surface area contributed by atoms with Gasteiger partial charge in [0.15, 0.2) is 9.84 Å². The van der Waals surface area contributed by atoms with Gasteiger partial charge in [0.2, 0.25) is 0 Å². The molecule has 3 aromatic carbocycles. The van der Waals surface area contributed by atoms with E-state index >= 15 is 4.39 Å². The molecule has 1 heterocycles. The van der Waals surface area contributed by atoms with E-state index in [1.165, 1.54) is 54.3 Å². The van der Waals surface area contributed by atoms with E-state index < -0.39 is 40.1 Å². The minimum absolute atomic E-state index is 0.0241. The first-order chi connectivity index (χ1) is 18.4. The van der Waals surface area contributed by atoms with E-state index in [0.717, 1.165) is 12.3 Å². The minimum atomic E-state index is -3.56. The fourth-order valence-corrected chi connectivity index (χ4v) is 5.36. The number of halogens is 1. The molecular formula is C26H29FN5O6S-. The number of hydrazine groups is 1. The molecule has 1 aliphatic heterocycles. The van der Waals surface area contributed by atoms with Crippen LogP contribution < -0.4 is 16.1 Å². The van der Waals surface area contributed by atoms with Crippen molar-refractivity contribution in [2.75, 3.05) is 23.5 Å². The quantitative estimate of drug-likeness (QED) is 0.159. The van der Waals surface area contributed by atoms with Crippen LogP contribution >= 0.6 is 0 Å². The zero-order valence-electron chi connectivity index (χ0n) is 21.2. The van der Waals surface area contributed by atoms with E-state index in [2.05, 4.69) is 16.1 Å². The summed E-state index contributed by atoms with van der Waals surface area (Å²) < 4.78 is 39.4. The predicted octanol–water partition coefficient (Wildman–Crippen LogP) is 3.29. The number of amides is 2. The number of carbonyl (C=O) groups excluding carboxylic acids is 1. The molecule has 0 aromatic heterocycles. The van der Waals surface area contributed by atoms with Gasteiger partial charge in [-0.1, -0.05) is 24.3 Å². The highest BCUT2D eigenvalue weighted by molar-refractivity contribution is 7.90. The number of hydrogen-bond acceptors (Lipinski definition) is 9. The highest BCUT2D eigenvalue weighted by Gasteiger charge is 2.37. The van der Waals surface area contributed by atoms with Crippen LogP contribution in [-0.4, -0.2) is 66.0 Å². The lowest BCUT2D eigenvalue weighted by Gasteiger charge is -2.40. The molecule has 2 amide bonds. The summed E-state index contributed by atoms with van der Waals surface area (Å²) in [5.74, 6) is -0.774. The number of hydrogen-bond donors (Lipinski definition) is 5. The third-order valence-corrected chi connectivity index (χ3v) is 7.35. The summed E-state index contributed by atoms with van der Waals surface area (Å²) in [6, 6.07) is 14.9. The van der Waals surface area contributed by atoms with Gasteiger partial charge in [0.1, 0.15) is 17.8 Å². The second kappa shape index (κ2) is 11.6. The Labute approximate surface area is 225 Å². The van der Waals surface area contributed by atoms with Crippen molar-refractivity contribution in [3.63, 3.8) is 0 Å². The first-order valence-corrected chi connectivity index (χ1v) is 13.9. The van der Waals surface area contributed by atoms with Gasteiger partial charge in [-0.25, -0.2) is 17.6 Å². The van der Waals surface area contributed by atoms with E-state index in [1.807, 2.05) is 0 Å². The van der Waals surface area contributed by atoms with Gasteiger partial charge in [-0.15, -0.1) is 0 Å². The van der Waals surface area contributed by atoms with Crippen LogP contribution in [0.15, 0.2) is 71.6 Å². The molecule has 208 valence electrons. The van der Waals surface area contributed by atoms with Gasteiger partial charge >= 0.3 is 6.03 Å². The van der Waals surface area contributed by atoms with Crippen molar-refractivity contribution in [1.29, 1.82) is 0 Å².